The molecular weight excluding hydrogens is 333 g/mol. The molecule has 140 valence electrons. The Morgan fingerprint density at radius 1 is 1.20 bits per heavy atom. The van der Waals surface area contributed by atoms with E-state index < -0.39 is 12.8 Å². The quantitative estimate of drug-likeness (QED) is 0.774. The standard InChI is InChI=1S/C18H25F3N2O2/c1-24-17-8-13(2-5-16(17)25-12-18(19,20)21)9-22-10-14-6-7-23(11-14)15-3-4-15/h2,5,8,14-15,22H,3-4,6-7,9-12H2,1H3/t14-/m0/s1. The Balaban J connectivity index is 1.45. The van der Waals surface area contributed by atoms with Gasteiger partial charge in [-0.2, -0.15) is 13.2 Å². The fraction of sp³-hybridized carbons (Fsp3) is 0.667. The molecule has 0 aromatic heterocycles. The van der Waals surface area contributed by atoms with Crippen LogP contribution >= 0.6 is 0 Å². The number of halogens is 3. The van der Waals surface area contributed by atoms with Crippen LogP contribution in [0, 0.1) is 5.92 Å². The number of nitrogens with zero attached hydrogens (tertiary/aromatic N) is 1. The molecule has 1 aliphatic carbocycles. The maximum atomic E-state index is 12.3. The van der Waals surface area contributed by atoms with Crippen molar-refractivity contribution in [3.8, 4) is 11.5 Å². The number of ether oxygens (including phenoxy) is 2. The molecular formula is C18H25F3N2O2. The first-order valence-corrected chi connectivity index (χ1v) is 8.76. The molecule has 1 aromatic rings. The fourth-order valence-corrected chi connectivity index (χ4v) is 3.32. The van der Waals surface area contributed by atoms with E-state index in [-0.39, 0.29) is 5.75 Å². The molecule has 0 bridgehead atoms. The van der Waals surface area contributed by atoms with Gasteiger partial charge in [0.2, 0.25) is 0 Å². The summed E-state index contributed by atoms with van der Waals surface area (Å²) in [5, 5.41) is 3.45. The summed E-state index contributed by atoms with van der Waals surface area (Å²) < 4.78 is 46.8. The molecule has 1 aromatic carbocycles. The maximum absolute atomic E-state index is 12.3. The van der Waals surface area contributed by atoms with Gasteiger partial charge in [0.15, 0.2) is 18.1 Å². The Labute approximate surface area is 146 Å². The summed E-state index contributed by atoms with van der Waals surface area (Å²) in [6, 6.07) is 5.86. The van der Waals surface area contributed by atoms with Crippen molar-refractivity contribution >= 4 is 0 Å². The Bertz CT molecular complexity index is 576. The first-order valence-electron chi connectivity index (χ1n) is 8.76. The van der Waals surface area contributed by atoms with Gasteiger partial charge < -0.3 is 19.7 Å². The average molecular weight is 358 g/mol. The van der Waals surface area contributed by atoms with E-state index in [4.69, 9.17) is 9.47 Å². The zero-order chi connectivity index (χ0) is 17.9. The van der Waals surface area contributed by atoms with Crippen molar-refractivity contribution in [1.82, 2.24) is 10.2 Å². The Hall–Kier alpha value is -1.47. The minimum atomic E-state index is -4.36. The third-order valence-corrected chi connectivity index (χ3v) is 4.76. The van der Waals surface area contributed by atoms with Crippen LogP contribution in [0.2, 0.25) is 0 Å². The molecule has 1 aliphatic heterocycles. The van der Waals surface area contributed by atoms with E-state index in [0.717, 1.165) is 18.2 Å². The van der Waals surface area contributed by atoms with Gasteiger partial charge >= 0.3 is 6.18 Å². The number of hydrogen-bond donors (Lipinski definition) is 1. The van der Waals surface area contributed by atoms with E-state index in [2.05, 4.69) is 10.2 Å². The molecule has 7 heteroatoms. The molecule has 0 spiro atoms. The molecule has 1 N–H and O–H groups in total. The molecule has 4 nitrogen and oxygen atoms in total. The summed E-state index contributed by atoms with van der Waals surface area (Å²) in [4.78, 5) is 2.59. The highest BCUT2D eigenvalue weighted by Gasteiger charge is 2.34. The van der Waals surface area contributed by atoms with E-state index in [1.54, 1.807) is 12.1 Å². The molecule has 25 heavy (non-hydrogen) atoms. The number of nitrogens with one attached hydrogen (secondary N) is 1. The minimum Gasteiger partial charge on any atom is -0.493 e. The summed E-state index contributed by atoms with van der Waals surface area (Å²) in [5.41, 5.74) is 0.966. The highest BCUT2D eigenvalue weighted by molar-refractivity contribution is 5.43. The second-order valence-electron chi connectivity index (χ2n) is 6.90. The van der Waals surface area contributed by atoms with Crippen molar-refractivity contribution < 1.29 is 22.6 Å². The molecule has 0 unspecified atom stereocenters. The van der Waals surface area contributed by atoms with Gasteiger partial charge in [-0.1, -0.05) is 6.07 Å². The van der Waals surface area contributed by atoms with Gasteiger partial charge in [-0.05, 0) is 56.0 Å². The normalized spacial score (nSPS) is 21.5. The lowest BCUT2D eigenvalue weighted by Gasteiger charge is -2.16. The van der Waals surface area contributed by atoms with Crippen molar-refractivity contribution in [1.29, 1.82) is 0 Å². The maximum Gasteiger partial charge on any atom is 0.422 e. The lowest BCUT2D eigenvalue weighted by Crippen LogP contribution is -2.27. The zero-order valence-electron chi connectivity index (χ0n) is 14.4. The number of rotatable bonds is 8. The van der Waals surface area contributed by atoms with Gasteiger partial charge in [0.1, 0.15) is 0 Å². The average Bonchev–Trinajstić information content (AvgIpc) is 3.32. The van der Waals surface area contributed by atoms with Crippen molar-refractivity contribution in [2.45, 2.75) is 38.0 Å². The number of benzene rings is 1. The molecule has 2 aliphatic rings. The van der Waals surface area contributed by atoms with Crippen molar-refractivity contribution in [2.75, 3.05) is 33.4 Å². The molecule has 1 saturated heterocycles. The summed E-state index contributed by atoms with van der Waals surface area (Å²) in [6.45, 7) is 2.68. The van der Waals surface area contributed by atoms with Gasteiger partial charge in [0, 0.05) is 19.1 Å². The number of alkyl halides is 3. The van der Waals surface area contributed by atoms with Crippen LogP contribution in [-0.2, 0) is 6.54 Å². The summed E-state index contributed by atoms with van der Waals surface area (Å²) in [5.74, 6) is 1.11. The van der Waals surface area contributed by atoms with E-state index in [1.807, 2.05) is 0 Å². The molecule has 0 amide bonds. The SMILES string of the molecule is COc1cc(CNC[C@@H]2CCN(C3CC3)C2)ccc1OCC(F)(F)F. The zero-order valence-corrected chi connectivity index (χ0v) is 14.4. The van der Waals surface area contributed by atoms with Crippen LogP contribution in [0.3, 0.4) is 0 Å². The smallest absolute Gasteiger partial charge is 0.422 e. The predicted molar refractivity (Wildman–Crippen MR) is 89.0 cm³/mol. The topological polar surface area (TPSA) is 33.7 Å². The van der Waals surface area contributed by atoms with Crippen LogP contribution in [0.4, 0.5) is 13.2 Å². The lowest BCUT2D eigenvalue weighted by molar-refractivity contribution is -0.153. The van der Waals surface area contributed by atoms with E-state index >= 15 is 0 Å². The largest absolute Gasteiger partial charge is 0.493 e. The second kappa shape index (κ2) is 7.83. The molecule has 1 heterocycles. The van der Waals surface area contributed by atoms with Crippen LogP contribution in [0.5, 0.6) is 11.5 Å². The molecule has 3 rings (SSSR count). The highest BCUT2D eigenvalue weighted by Crippen LogP contribution is 2.32. The third-order valence-electron chi connectivity index (χ3n) is 4.76. The summed E-state index contributed by atoms with van der Waals surface area (Å²) >= 11 is 0. The van der Waals surface area contributed by atoms with Gasteiger partial charge in [0.05, 0.1) is 7.11 Å². The van der Waals surface area contributed by atoms with Crippen LogP contribution in [0.15, 0.2) is 18.2 Å². The summed E-state index contributed by atoms with van der Waals surface area (Å²) in [7, 11) is 1.43. The first kappa shape index (κ1) is 18.3. The Morgan fingerprint density at radius 2 is 2.00 bits per heavy atom. The van der Waals surface area contributed by atoms with E-state index in [0.29, 0.717) is 18.2 Å². The summed E-state index contributed by atoms with van der Waals surface area (Å²) in [6.07, 6.45) is -0.427. The fourth-order valence-electron chi connectivity index (χ4n) is 3.32. The van der Waals surface area contributed by atoms with Gasteiger partial charge in [0.25, 0.3) is 0 Å². The minimum absolute atomic E-state index is 0.111. The van der Waals surface area contributed by atoms with Crippen molar-refractivity contribution in [3.05, 3.63) is 23.8 Å². The van der Waals surface area contributed by atoms with E-state index in [9.17, 15) is 13.2 Å². The Morgan fingerprint density at radius 3 is 2.68 bits per heavy atom. The molecule has 1 saturated carbocycles. The van der Waals surface area contributed by atoms with Gasteiger partial charge in [-0.15, -0.1) is 0 Å². The van der Waals surface area contributed by atoms with Crippen LogP contribution in [-0.4, -0.2) is 50.5 Å². The van der Waals surface area contributed by atoms with E-state index in [1.165, 1.54) is 45.5 Å². The molecule has 2 fully saturated rings. The highest BCUT2D eigenvalue weighted by atomic mass is 19.4. The number of likely N-dealkylation sites (tertiary alicyclic amines) is 1. The van der Waals surface area contributed by atoms with Gasteiger partial charge in [-0.3, -0.25) is 0 Å². The van der Waals surface area contributed by atoms with Crippen molar-refractivity contribution in [3.63, 3.8) is 0 Å². The Kier molecular flexibility index (Phi) is 5.74. The van der Waals surface area contributed by atoms with Crippen LogP contribution in [0.1, 0.15) is 24.8 Å². The first-order chi connectivity index (χ1) is 11.9. The molecule has 1 atom stereocenters. The third kappa shape index (κ3) is 5.51. The monoisotopic (exact) mass is 358 g/mol. The van der Waals surface area contributed by atoms with Crippen LogP contribution in [0.25, 0.3) is 0 Å². The van der Waals surface area contributed by atoms with Crippen LogP contribution < -0.4 is 14.8 Å². The van der Waals surface area contributed by atoms with Gasteiger partial charge in [-0.25, -0.2) is 0 Å². The number of hydrogen-bond acceptors (Lipinski definition) is 4. The molecule has 0 radical (unpaired) electrons. The van der Waals surface area contributed by atoms with Crippen molar-refractivity contribution in [2.24, 2.45) is 5.92 Å². The predicted octanol–water partition coefficient (Wildman–Crippen LogP) is 3.21. The number of methoxy groups -OCH3 is 1. The second-order valence-corrected chi connectivity index (χ2v) is 6.90. The lowest BCUT2D eigenvalue weighted by atomic mass is 10.1.